The zero-order valence-corrected chi connectivity index (χ0v) is 21.4. The van der Waals surface area contributed by atoms with E-state index in [2.05, 4.69) is 63.2 Å². The van der Waals surface area contributed by atoms with Gasteiger partial charge in [0.25, 0.3) is 0 Å². The molecular weight excluding hydrogens is 462 g/mol. The minimum absolute atomic E-state index is 0.423. The number of benzene rings is 1. The van der Waals surface area contributed by atoms with Gasteiger partial charge in [-0.3, -0.25) is 0 Å². The first-order valence-electron chi connectivity index (χ1n) is 11.8. The Balaban J connectivity index is 1.54. The van der Waals surface area contributed by atoms with Gasteiger partial charge in [0, 0.05) is 23.7 Å². The van der Waals surface area contributed by atoms with E-state index in [1.807, 2.05) is 0 Å². The summed E-state index contributed by atoms with van der Waals surface area (Å²) in [5.74, 6) is 2.69. The Morgan fingerprint density at radius 1 is 1.09 bits per heavy atom. The molecule has 182 valence electrons. The first-order chi connectivity index (χ1) is 16.6. The molecule has 1 aromatic carbocycles. The van der Waals surface area contributed by atoms with Crippen molar-refractivity contribution < 1.29 is 5.11 Å². The molecule has 0 atom stereocenters. The van der Waals surface area contributed by atoms with Crippen molar-refractivity contribution in [2.75, 3.05) is 5.32 Å². The molecular formula is C26H30ClN7O. The number of nitrogens with zero attached hydrogens (tertiary/aromatic N) is 6. The Bertz CT molecular complexity index is 1380. The van der Waals surface area contributed by atoms with Crippen molar-refractivity contribution in [2.45, 2.75) is 59.6 Å². The van der Waals surface area contributed by atoms with E-state index in [0.29, 0.717) is 34.0 Å². The van der Waals surface area contributed by atoms with Crippen LogP contribution in [-0.2, 0) is 12.1 Å². The molecule has 5 rings (SSSR count). The molecule has 35 heavy (non-hydrogen) atoms. The van der Waals surface area contributed by atoms with Crippen LogP contribution in [-0.4, -0.2) is 34.6 Å². The number of hydrogen-bond acceptors (Lipinski definition) is 6. The van der Waals surface area contributed by atoms with Crippen LogP contribution in [0.5, 0.6) is 0 Å². The maximum absolute atomic E-state index is 10.7. The average Bonchev–Trinajstić information content (AvgIpc) is 3.51. The molecule has 3 aromatic heterocycles. The molecule has 0 saturated heterocycles. The number of aliphatic hydroxyl groups is 1. The summed E-state index contributed by atoms with van der Waals surface area (Å²) in [6.07, 6.45) is 3.94. The number of nitrogens with one attached hydrogen (secondary N) is 1. The lowest BCUT2D eigenvalue weighted by molar-refractivity contribution is 0.0711. The van der Waals surface area contributed by atoms with Crippen LogP contribution in [0.1, 0.15) is 49.2 Å². The fourth-order valence-corrected chi connectivity index (χ4v) is 4.58. The van der Waals surface area contributed by atoms with Crippen LogP contribution in [0.4, 0.5) is 11.6 Å². The zero-order chi connectivity index (χ0) is 24.9. The van der Waals surface area contributed by atoms with E-state index in [4.69, 9.17) is 16.7 Å². The second kappa shape index (κ2) is 8.77. The van der Waals surface area contributed by atoms with Crippen molar-refractivity contribution in [3.8, 4) is 17.1 Å². The van der Waals surface area contributed by atoms with Gasteiger partial charge in [0.1, 0.15) is 23.6 Å². The molecule has 1 aliphatic carbocycles. The second-order valence-corrected chi connectivity index (χ2v) is 10.3. The van der Waals surface area contributed by atoms with Gasteiger partial charge in [-0.05, 0) is 53.4 Å². The molecule has 8 nitrogen and oxygen atoms in total. The molecule has 1 aliphatic rings. The van der Waals surface area contributed by atoms with Gasteiger partial charge in [0.05, 0.1) is 22.1 Å². The molecule has 3 heterocycles. The lowest BCUT2D eigenvalue weighted by atomic mass is 10.1. The SMILES string of the molecule is Cc1ccc(-c2nn(CC3CC3)c(Nc3cc(-n4nc(C)c(Cl)c4C(C)(C)O)ncn3)c2C)cc1. The van der Waals surface area contributed by atoms with Gasteiger partial charge in [-0.15, -0.1) is 0 Å². The van der Waals surface area contributed by atoms with Gasteiger partial charge in [-0.1, -0.05) is 41.4 Å². The number of anilines is 2. The molecule has 0 radical (unpaired) electrons. The largest absolute Gasteiger partial charge is 0.384 e. The van der Waals surface area contributed by atoms with Crippen LogP contribution in [0, 0.1) is 26.7 Å². The lowest BCUT2D eigenvalue weighted by Crippen LogP contribution is -2.22. The maximum Gasteiger partial charge on any atom is 0.159 e. The van der Waals surface area contributed by atoms with Crippen molar-refractivity contribution in [2.24, 2.45) is 5.92 Å². The Labute approximate surface area is 210 Å². The normalized spacial score (nSPS) is 13.9. The standard InChI is InChI=1S/C26H30ClN7O/c1-15-6-10-19(11-7-15)23-16(2)25(33(32-23)13-18-8-9-18)30-20-12-21(29-14-28-20)34-24(26(4,5)35)22(27)17(3)31-34/h6-7,10-12,14,18,35H,8-9,13H2,1-5H3,(H,28,29,30). The van der Waals surface area contributed by atoms with E-state index < -0.39 is 5.60 Å². The first kappa shape index (κ1) is 23.5. The van der Waals surface area contributed by atoms with Gasteiger partial charge in [0.2, 0.25) is 0 Å². The summed E-state index contributed by atoms with van der Waals surface area (Å²) < 4.78 is 3.64. The highest BCUT2D eigenvalue weighted by Crippen LogP contribution is 2.36. The van der Waals surface area contributed by atoms with Gasteiger partial charge in [-0.2, -0.15) is 10.2 Å². The summed E-state index contributed by atoms with van der Waals surface area (Å²) in [7, 11) is 0. The molecule has 0 aliphatic heterocycles. The lowest BCUT2D eigenvalue weighted by Gasteiger charge is -2.19. The third-order valence-corrected chi connectivity index (χ3v) is 6.78. The molecule has 9 heteroatoms. The second-order valence-electron chi connectivity index (χ2n) is 9.92. The summed E-state index contributed by atoms with van der Waals surface area (Å²) in [6.45, 7) is 10.2. The molecule has 1 saturated carbocycles. The van der Waals surface area contributed by atoms with Crippen LogP contribution in [0.2, 0.25) is 5.02 Å². The molecule has 1 fully saturated rings. The Hall–Kier alpha value is -3.23. The fourth-order valence-electron chi connectivity index (χ4n) is 4.23. The molecule has 0 spiro atoms. The highest BCUT2D eigenvalue weighted by Gasteiger charge is 2.29. The number of aryl methyl sites for hydroxylation is 2. The third kappa shape index (κ3) is 4.68. The molecule has 0 bridgehead atoms. The summed E-state index contributed by atoms with van der Waals surface area (Å²) in [6, 6.07) is 10.2. The van der Waals surface area contributed by atoms with Crippen LogP contribution in [0.25, 0.3) is 17.1 Å². The van der Waals surface area contributed by atoms with E-state index >= 15 is 0 Å². The van der Waals surface area contributed by atoms with E-state index in [-0.39, 0.29) is 0 Å². The summed E-state index contributed by atoms with van der Waals surface area (Å²) in [4.78, 5) is 8.85. The monoisotopic (exact) mass is 491 g/mol. The van der Waals surface area contributed by atoms with E-state index in [1.165, 1.54) is 24.7 Å². The molecule has 0 amide bonds. The van der Waals surface area contributed by atoms with Gasteiger partial charge < -0.3 is 10.4 Å². The number of rotatable bonds is 7. The van der Waals surface area contributed by atoms with Gasteiger partial charge >= 0.3 is 0 Å². The minimum atomic E-state index is -1.20. The van der Waals surface area contributed by atoms with Crippen molar-refractivity contribution >= 4 is 23.2 Å². The smallest absolute Gasteiger partial charge is 0.159 e. The van der Waals surface area contributed by atoms with E-state index in [9.17, 15) is 5.11 Å². The summed E-state index contributed by atoms with van der Waals surface area (Å²) in [5.41, 5.74) is 4.24. The van der Waals surface area contributed by atoms with Crippen LogP contribution in [0.3, 0.4) is 0 Å². The third-order valence-electron chi connectivity index (χ3n) is 6.33. The van der Waals surface area contributed by atoms with Crippen molar-refractivity contribution in [1.29, 1.82) is 0 Å². The fraction of sp³-hybridized carbons (Fsp3) is 0.385. The maximum atomic E-state index is 10.7. The van der Waals surface area contributed by atoms with Crippen LogP contribution in [0.15, 0.2) is 36.7 Å². The highest BCUT2D eigenvalue weighted by atomic mass is 35.5. The van der Waals surface area contributed by atoms with Crippen molar-refractivity contribution in [1.82, 2.24) is 29.5 Å². The zero-order valence-electron chi connectivity index (χ0n) is 20.7. The van der Waals surface area contributed by atoms with Crippen molar-refractivity contribution in [3.05, 3.63) is 64.2 Å². The number of halogens is 1. The van der Waals surface area contributed by atoms with Crippen LogP contribution < -0.4 is 5.32 Å². The topological polar surface area (TPSA) is 93.7 Å². The van der Waals surface area contributed by atoms with Gasteiger partial charge in [-0.25, -0.2) is 19.3 Å². The molecule has 0 unspecified atom stereocenters. The Morgan fingerprint density at radius 2 is 1.80 bits per heavy atom. The predicted octanol–water partition coefficient (Wildman–Crippen LogP) is 5.49. The van der Waals surface area contributed by atoms with Gasteiger partial charge in [0.15, 0.2) is 5.82 Å². The van der Waals surface area contributed by atoms with Crippen molar-refractivity contribution in [3.63, 3.8) is 0 Å². The summed E-state index contributed by atoms with van der Waals surface area (Å²) >= 11 is 6.47. The van der Waals surface area contributed by atoms with E-state index in [0.717, 1.165) is 29.2 Å². The predicted molar refractivity (Wildman–Crippen MR) is 137 cm³/mol. The highest BCUT2D eigenvalue weighted by molar-refractivity contribution is 6.32. The summed E-state index contributed by atoms with van der Waals surface area (Å²) in [5, 5.41) is 24.1. The first-order valence-corrected chi connectivity index (χ1v) is 12.2. The van der Waals surface area contributed by atoms with E-state index in [1.54, 1.807) is 31.5 Å². The average molecular weight is 492 g/mol. The molecule has 2 N–H and O–H groups in total. The molecule has 4 aromatic rings. The quantitative estimate of drug-likeness (QED) is 0.355. The number of aromatic nitrogens is 6. The van der Waals surface area contributed by atoms with Crippen LogP contribution >= 0.6 is 11.6 Å². The Morgan fingerprint density at radius 3 is 2.46 bits per heavy atom. The Kier molecular flexibility index (Phi) is 5.89. The minimum Gasteiger partial charge on any atom is -0.384 e. The number of hydrogen-bond donors (Lipinski definition) is 2.